The van der Waals surface area contributed by atoms with E-state index in [0.717, 1.165) is 25.7 Å². The molecule has 1 heteroatoms. The molecule has 0 heterocycles. The van der Waals surface area contributed by atoms with E-state index in [-0.39, 0.29) is 11.1 Å². The van der Waals surface area contributed by atoms with Gasteiger partial charge in [0.25, 0.3) is 0 Å². The Bertz CT molecular complexity index is 295. The molecule has 0 aromatic carbocycles. The molecule has 0 saturated carbocycles. The van der Waals surface area contributed by atoms with Crippen molar-refractivity contribution >= 4 is 0 Å². The normalized spacial score (nSPS) is 11.4. The summed E-state index contributed by atoms with van der Waals surface area (Å²) in [5.74, 6) is 0. The molecule has 1 N–H and O–H groups in total. The predicted molar refractivity (Wildman–Crippen MR) is 88.2 cm³/mol. The van der Waals surface area contributed by atoms with E-state index >= 15 is 0 Å². The van der Waals surface area contributed by atoms with Crippen molar-refractivity contribution < 1.29 is 0 Å². The Morgan fingerprint density at radius 1 is 0.579 bits per heavy atom. The average Bonchev–Trinajstić information content (AvgIpc) is 2.39. The summed E-state index contributed by atoms with van der Waals surface area (Å²) >= 11 is 0. The molecule has 19 heavy (non-hydrogen) atoms. The van der Waals surface area contributed by atoms with Crippen molar-refractivity contribution in [1.29, 1.82) is 0 Å². The second-order valence-electron chi connectivity index (χ2n) is 4.82. The molecule has 0 bridgehead atoms. The van der Waals surface area contributed by atoms with Gasteiger partial charge < -0.3 is 0 Å². The number of hydrogen-bond donors (Lipinski definition) is 1. The molecule has 0 aliphatic carbocycles. The molecule has 0 rings (SSSR count). The summed E-state index contributed by atoms with van der Waals surface area (Å²) in [4.78, 5) is 0. The first-order valence-electron chi connectivity index (χ1n) is 6.57. The summed E-state index contributed by atoms with van der Waals surface area (Å²) in [6, 6.07) is 0. The lowest BCUT2D eigenvalue weighted by Gasteiger charge is -2.41. The summed E-state index contributed by atoms with van der Waals surface area (Å²) in [7, 11) is 0. The van der Waals surface area contributed by atoms with Gasteiger partial charge in [-0.05, 0) is 25.7 Å². The second-order valence-corrected chi connectivity index (χ2v) is 4.82. The molecule has 0 radical (unpaired) electrons. The van der Waals surface area contributed by atoms with E-state index in [2.05, 4.69) is 44.8 Å². The Kier molecular flexibility index (Phi) is 7.78. The van der Waals surface area contributed by atoms with Crippen LogP contribution in [0.4, 0.5) is 0 Å². The zero-order valence-electron chi connectivity index (χ0n) is 12.0. The van der Waals surface area contributed by atoms with Crippen molar-refractivity contribution in [1.82, 2.24) is 5.32 Å². The zero-order valence-corrected chi connectivity index (χ0v) is 12.0. The molecular weight excluding hydrogens is 230 g/mol. The van der Waals surface area contributed by atoms with Crippen LogP contribution in [0.3, 0.4) is 0 Å². The van der Waals surface area contributed by atoms with Crippen LogP contribution in [0.25, 0.3) is 0 Å². The van der Waals surface area contributed by atoms with Crippen LogP contribution >= 0.6 is 0 Å². The summed E-state index contributed by atoms with van der Waals surface area (Å²) in [5.41, 5.74) is -0.520. The van der Waals surface area contributed by atoms with Gasteiger partial charge in [0, 0.05) is 11.1 Å². The van der Waals surface area contributed by atoms with E-state index < -0.39 is 0 Å². The Labute approximate surface area is 118 Å². The Morgan fingerprint density at radius 3 is 1.00 bits per heavy atom. The molecule has 0 atom stereocenters. The highest BCUT2D eigenvalue weighted by Crippen LogP contribution is 2.27. The maximum atomic E-state index is 3.97. The maximum Gasteiger partial charge on any atom is 0.0438 e. The van der Waals surface area contributed by atoms with Crippen LogP contribution in [0.5, 0.6) is 0 Å². The van der Waals surface area contributed by atoms with Gasteiger partial charge in [-0.25, -0.2) is 0 Å². The van der Waals surface area contributed by atoms with Crippen LogP contribution in [-0.4, -0.2) is 11.1 Å². The minimum absolute atomic E-state index is 0.260. The highest BCUT2D eigenvalue weighted by molar-refractivity contribution is 5.18. The molecule has 0 aromatic heterocycles. The lowest BCUT2D eigenvalue weighted by atomic mass is 9.83. The van der Waals surface area contributed by atoms with Crippen LogP contribution < -0.4 is 5.32 Å². The second kappa shape index (κ2) is 8.49. The molecule has 0 unspecified atom stereocenters. The minimum atomic E-state index is -0.260. The standard InChI is InChI=1S/C18H27N/c1-7-13-17(11-5,14-8-2)19-18(12-6,15-9-3)16-10-4/h7-12,19H,1-6,13-16H2. The molecule has 0 aliphatic heterocycles. The minimum Gasteiger partial charge on any atom is -0.298 e. The summed E-state index contributed by atoms with van der Waals surface area (Å²) < 4.78 is 0. The van der Waals surface area contributed by atoms with E-state index in [9.17, 15) is 0 Å². The van der Waals surface area contributed by atoms with E-state index in [1.165, 1.54) is 0 Å². The van der Waals surface area contributed by atoms with Gasteiger partial charge in [-0.1, -0.05) is 36.5 Å². The monoisotopic (exact) mass is 257 g/mol. The van der Waals surface area contributed by atoms with Gasteiger partial charge in [-0.15, -0.1) is 39.5 Å². The maximum absolute atomic E-state index is 3.97. The van der Waals surface area contributed by atoms with Gasteiger partial charge in [-0.2, -0.15) is 0 Å². The van der Waals surface area contributed by atoms with E-state index in [4.69, 9.17) is 0 Å². The Hall–Kier alpha value is -1.60. The molecule has 104 valence electrons. The number of rotatable bonds is 12. The fraction of sp³-hybridized carbons (Fsp3) is 0.333. The van der Waals surface area contributed by atoms with Gasteiger partial charge in [0.15, 0.2) is 0 Å². The van der Waals surface area contributed by atoms with Crippen molar-refractivity contribution in [3.05, 3.63) is 75.9 Å². The highest BCUT2D eigenvalue weighted by atomic mass is 15.0. The third-order valence-corrected chi connectivity index (χ3v) is 3.31. The Balaban J connectivity index is 5.42. The fourth-order valence-corrected chi connectivity index (χ4v) is 2.33. The van der Waals surface area contributed by atoms with E-state index in [1.807, 2.05) is 36.5 Å². The average molecular weight is 257 g/mol. The van der Waals surface area contributed by atoms with Crippen molar-refractivity contribution in [2.24, 2.45) is 0 Å². The molecule has 0 aliphatic rings. The lowest BCUT2D eigenvalue weighted by molar-refractivity contribution is 0.289. The van der Waals surface area contributed by atoms with Gasteiger partial charge >= 0.3 is 0 Å². The quantitative estimate of drug-likeness (QED) is 0.498. The van der Waals surface area contributed by atoms with Crippen molar-refractivity contribution in [2.45, 2.75) is 36.8 Å². The first kappa shape index (κ1) is 17.4. The van der Waals surface area contributed by atoms with Crippen molar-refractivity contribution in [3.8, 4) is 0 Å². The van der Waals surface area contributed by atoms with Crippen LogP contribution in [0, 0.1) is 0 Å². The van der Waals surface area contributed by atoms with Crippen molar-refractivity contribution in [3.63, 3.8) is 0 Å². The van der Waals surface area contributed by atoms with Crippen LogP contribution in [-0.2, 0) is 0 Å². The first-order chi connectivity index (χ1) is 9.07. The van der Waals surface area contributed by atoms with Gasteiger partial charge in [-0.3, -0.25) is 5.32 Å². The molecule has 0 fully saturated rings. The molecule has 1 nitrogen and oxygen atoms in total. The van der Waals surface area contributed by atoms with Crippen LogP contribution in [0.15, 0.2) is 75.9 Å². The third kappa shape index (κ3) is 4.88. The third-order valence-electron chi connectivity index (χ3n) is 3.31. The topological polar surface area (TPSA) is 12.0 Å². The molecule has 0 saturated heterocycles. The smallest absolute Gasteiger partial charge is 0.0438 e. The van der Waals surface area contributed by atoms with Crippen molar-refractivity contribution in [2.75, 3.05) is 0 Å². The SMILES string of the molecule is C=CCC(C=C)(CC=C)NC(C=C)(CC=C)CC=C. The van der Waals surface area contributed by atoms with Gasteiger partial charge in [0.1, 0.15) is 0 Å². The molecule has 0 aromatic rings. The Morgan fingerprint density at radius 2 is 0.842 bits per heavy atom. The van der Waals surface area contributed by atoms with Crippen LogP contribution in [0.1, 0.15) is 25.7 Å². The largest absolute Gasteiger partial charge is 0.298 e. The van der Waals surface area contributed by atoms with E-state index in [0.29, 0.717) is 0 Å². The number of hydrogen-bond acceptors (Lipinski definition) is 1. The fourth-order valence-electron chi connectivity index (χ4n) is 2.33. The highest BCUT2D eigenvalue weighted by Gasteiger charge is 2.33. The van der Waals surface area contributed by atoms with Crippen LogP contribution in [0.2, 0.25) is 0 Å². The lowest BCUT2D eigenvalue weighted by Crippen LogP contribution is -2.55. The van der Waals surface area contributed by atoms with E-state index in [1.54, 1.807) is 0 Å². The van der Waals surface area contributed by atoms with Gasteiger partial charge in [0.2, 0.25) is 0 Å². The first-order valence-corrected chi connectivity index (χ1v) is 6.57. The van der Waals surface area contributed by atoms with Gasteiger partial charge in [0.05, 0.1) is 0 Å². The summed E-state index contributed by atoms with van der Waals surface area (Å²) in [6.07, 6.45) is 14.6. The summed E-state index contributed by atoms with van der Waals surface area (Å²) in [5, 5.41) is 3.66. The summed E-state index contributed by atoms with van der Waals surface area (Å²) in [6.45, 7) is 23.3. The molecule has 0 amide bonds. The predicted octanol–water partition coefficient (Wildman–Crippen LogP) is 4.73. The zero-order chi connectivity index (χ0) is 14.8. The molecule has 0 spiro atoms. The number of nitrogens with one attached hydrogen (secondary N) is 1. The molecular formula is C18H27N.